The Morgan fingerprint density at radius 1 is 1.07 bits per heavy atom. The predicted octanol–water partition coefficient (Wildman–Crippen LogP) is 2.58. The van der Waals surface area contributed by atoms with Crippen LogP contribution in [0.4, 0.5) is 18.0 Å². The quantitative estimate of drug-likeness (QED) is 0.705. The maximum atomic E-state index is 12.9. The third kappa shape index (κ3) is 5.07. The number of hydrogen-bond acceptors (Lipinski definition) is 6. The van der Waals surface area contributed by atoms with Gasteiger partial charge >= 0.3 is 12.5 Å². The molecule has 2 aromatic rings. The minimum Gasteiger partial charge on any atom is -0.439 e. The maximum absolute atomic E-state index is 12.9. The molecule has 1 aliphatic heterocycles. The molecular formula is C18H15F3N2O6S. The van der Waals surface area contributed by atoms with Gasteiger partial charge in [0.1, 0.15) is 10.6 Å². The lowest BCUT2D eigenvalue weighted by Gasteiger charge is -2.23. The lowest BCUT2D eigenvalue weighted by Crippen LogP contribution is -2.40. The summed E-state index contributed by atoms with van der Waals surface area (Å²) in [6.45, 7) is -0.890. The summed E-state index contributed by atoms with van der Waals surface area (Å²) in [5.41, 5.74) is 0.378. The number of benzene rings is 2. The summed E-state index contributed by atoms with van der Waals surface area (Å²) in [6.07, 6.45) is -6.04. The summed E-state index contributed by atoms with van der Waals surface area (Å²) >= 11 is 0. The van der Waals surface area contributed by atoms with Crippen LogP contribution in [0.15, 0.2) is 59.5 Å². The molecule has 8 nitrogen and oxygen atoms in total. The van der Waals surface area contributed by atoms with Crippen molar-refractivity contribution >= 4 is 22.0 Å². The number of carbonyl (C=O) groups excluding carboxylic acids is 2. The van der Waals surface area contributed by atoms with Crippen molar-refractivity contribution in [2.75, 3.05) is 13.2 Å². The van der Waals surface area contributed by atoms with Gasteiger partial charge in [0.05, 0.1) is 12.6 Å². The molecule has 0 aromatic heterocycles. The predicted molar refractivity (Wildman–Crippen MR) is 95.7 cm³/mol. The number of hydrogen-bond donors (Lipinski definition) is 1. The second kappa shape index (κ2) is 8.32. The molecule has 0 saturated carbocycles. The van der Waals surface area contributed by atoms with Gasteiger partial charge in [-0.25, -0.2) is 22.8 Å². The summed E-state index contributed by atoms with van der Waals surface area (Å²) in [7, 11) is -4.55. The fourth-order valence-corrected chi connectivity index (χ4v) is 4.11. The number of amides is 2. The second-order valence-electron chi connectivity index (χ2n) is 6.14. The van der Waals surface area contributed by atoms with Crippen LogP contribution in [0, 0.1) is 0 Å². The number of rotatable bonds is 7. The number of imide groups is 1. The van der Waals surface area contributed by atoms with E-state index < -0.39 is 58.2 Å². The Hall–Kier alpha value is -3.12. The highest BCUT2D eigenvalue weighted by Crippen LogP contribution is 2.30. The Morgan fingerprint density at radius 3 is 2.30 bits per heavy atom. The van der Waals surface area contributed by atoms with Crippen LogP contribution in [0.5, 0.6) is 5.75 Å². The SMILES string of the molecule is O=C1COC(=O)N1CC(NS(=O)(=O)c1ccccc1OC(F)(F)F)c1ccccc1. The van der Waals surface area contributed by atoms with E-state index in [2.05, 4.69) is 14.2 Å². The number of para-hydroxylation sites is 1. The Kier molecular flexibility index (Phi) is 5.99. The lowest BCUT2D eigenvalue weighted by atomic mass is 10.1. The first-order valence-corrected chi connectivity index (χ1v) is 9.94. The van der Waals surface area contributed by atoms with Gasteiger partial charge in [0.25, 0.3) is 5.91 Å². The molecule has 1 unspecified atom stereocenters. The molecule has 0 aliphatic carbocycles. The Labute approximate surface area is 169 Å². The van der Waals surface area contributed by atoms with Crippen molar-refractivity contribution in [2.24, 2.45) is 0 Å². The van der Waals surface area contributed by atoms with Crippen LogP contribution >= 0.6 is 0 Å². The van der Waals surface area contributed by atoms with Crippen LogP contribution in [0.1, 0.15) is 11.6 Å². The summed E-state index contributed by atoms with van der Waals surface area (Å²) in [4.78, 5) is 23.6. The first-order valence-electron chi connectivity index (χ1n) is 8.46. The Balaban J connectivity index is 1.94. The van der Waals surface area contributed by atoms with E-state index in [-0.39, 0.29) is 0 Å². The molecule has 0 radical (unpaired) electrons. The lowest BCUT2D eigenvalue weighted by molar-refractivity contribution is -0.275. The molecular weight excluding hydrogens is 429 g/mol. The smallest absolute Gasteiger partial charge is 0.439 e. The van der Waals surface area contributed by atoms with Crippen molar-refractivity contribution in [1.82, 2.24) is 9.62 Å². The molecule has 0 spiro atoms. The van der Waals surface area contributed by atoms with E-state index in [0.717, 1.165) is 17.0 Å². The zero-order valence-electron chi connectivity index (χ0n) is 15.1. The van der Waals surface area contributed by atoms with Crippen LogP contribution in [-0.4, -0.2) is 44.8 Å². The highest BCUT2D eigenvalue weighted by atomic mass is 32.2. The van der Waals surface area contributed by atoms with Gasteiger partial charge in [0.15, 0.2) is 6.61 Å². The standard InChI is InChI=1S/C18H15F3N2O6S/c19-18(20,21)29-14-8-4-5-9-15(14)30(26,27)22-13(12-6-2-1-3-7-12)10-23-16(24)11-28-17(23)25/h1-9,13,22H,10-11H2. The van der Waals surface area contributed by atoms with Crippen LogP contribution in [0.25, 0.3) is 0 Å². The first-order chi connectivity index (χ1) is 14.1. The molecule has 1 atom stereocenters. The number of nitrogens with one attached hydrogen (secondary N) is 1. The van der Waals surface area contributed by atoms with E-state index in [4.69, 9.17) is 0 Å². The zero-order chi connectivity index (χ0) is 21.9. The van der Waals surface area contributed by atoms with E-state index >= 15 is 0 Å². The molecule has 2 amide bonds. The summed E-state index contributed by atoms with van der Waals surface area (Å²) in [5, 5.41) is 0. The van der Waals surface area contributed by atoms with Crippen LogP contribution < -0.4 is 9.46 Å². The van der Waals surface area contributed by atoms with E-state index in [1.165, 1.54) is 24.3 Å². The monoisotopic (exact) mass is 444 g/mol. The molecule has 160 valence electrons. The van der Waals surface area contributed by atoms with Crippen molar-refractivity contribution in [3.05, 3.63) is 60.2 Å². The maximum Gasteiger partial charge on any atom is 0.573 e. The third-order valence-electron chi connectivity index (χ3n) is 4.07. The summed E-state index contributed by atoms with van der Waals surface area (Å²) in [5.74, 6) is -1.58. The van der Waals surface area contributed by atoms with Gasteiger partial charge in [-0.1, -0.05) is 42.5 Å². The number of alkyl halides is 3. The van der Waals surface area contributed by atoms with Crippen molar-refractivity contribution < 1.29 is 40.7 Å². The molecule has 1 heterocycles. The topological polar surface area (TPSA) is 102 Å². The van der Waals surface area contributed by atoms with Crippen molar-refractivity contribution in [2.45, 2.75) is 17.3 Å². The average molecular weight is 444 g/mol. The molecule has 1 aliphatic rings. The van der Waals surface area contributed by atoms with Gasteiger partial charge in [0.2, 0.25) is 10.0 Å². The molecule has 12 heteroatoms. The van der Waals surface area contributed by atoms with Gasteiger partial charge in [-0.2, -0.15) is 0 Å². The largest absolute Gasteiger partial charge is 0.573 e. The molecule has 1 N–H and O–H groups in total. The summed E-state index contributed by atoms with van der Waals surface area (Å²) in [6, 6.07) is 11.0. The van der Waals surface area contributed by atoms with Crippen LogP contribution in [0.3, 0.4) is 0 Å². The Morgan fingerprint density at radius 2 is 1.70 bits per heavy atom. The fraction of sp³-hybridized carbons (Fsp3) is 0.222. The normalized spacial score (nSPS) is 15.8. The highest BCUT2D eigenvalue weighted by molar-refractivity contribution is 7.89. The van der Waals surface area contributed by atoms with Gasteiger partial charge < -0.3 is 9.47 Å². The number of halogens is 3. The van der Waals surface area contributed by atoms with E-state index in [1.807, 2.05) is 0 Å². The van der Waals surface area contributed by atoms with Crippen LogP contribution in [-0.2, 0) is 19.6 Å². The molecule has 0 bridgehead atoms. The van der Waals surface area contributed by atoms with Crippen molar-refractivity contribution in [1.29, 1.82) is 0 Å². The van der Waals surface area contributed by atoms with E-state index in [0.29, 0.717) is 5.56 Å². The van der Waals surface area contributed by atoms with Crippen LogP contribution in [0.2, 0.25) is 0 Å². The summed E-state index contributed by atoms with van der Waals surface area (Å²) < 4.78 is 74.4. The van der Waals surface area contributed by atoms with Gasteiger partial charge in [-0.3, -0.25) is 4.79 Å². The van der Waals surface area contributed by atoms with E-state index in [1.54, 1.807) is 18.2 Å². The Bertz CT molecular complexity index is 1030. The highest BCUT2D eigenvalue weighted by Gasteiger charge is 2.37. The number of nitrogens with zero attached hydrogens (tertiary/aromatic N) is 1. The molecule has 30 heavy (non-hydrogen) atoms. The number of carbonyl (C=O) groups is 2. The van der Waals surface area contributed by atoms with E-state index in [9.17, 15) is 31.2 Å². The van der Waals surface area contributed by atoms with Gasteiger partial charge in [-0.05, 0) is 17.7 Å². The molecule has 2 aromatic carbocycles. The fourth-order valence-electron chi connectivity index (χ4n) is 2.77. The minimum absolute atomic E-state index is 0.378. The minimum atomic E-state index is -5.10. The molecule has 3 rings (SSSR count). The van der Waals surface area contributed by atoms with Crippen molar-refractivity contribution in [3.8, 4) is 5.75 Å². The first kappa shape index (κ1) is 21.6. The third-order valence-corrected chi connectivity index (χ3v) is 5.58. The zero-order valence-corrected chi connectivity index (χ0v) is 15.9. The molecule has 1 saturated heterocycles. The number of cyclic esters (lactones) is 1. The number of sulfonamides is 1. The second-order valence-corrected chi connectivity index (χ2v) is 7.82. The molecule has 1 fully saturated rings. The van der Waals surface area contributed by atoms with Gasteiger partial charge in [0, 0.05) is 0 Å². The number of ether oxygens (including phenoxy) is 2. The van der Waals surface area contributed by atoms with Gasteiger partial charge in [-0.15, -0.1) is 13.2 Å². The average Bonchev–Trinajstić information content (AvgIpc) is 2.99. The van der Waals surface area contributed by atoms with Crippen molar-refractivity contribution in [3.63, 3.8) is 0 Å².